The number of ether oxygens (including phenoxy) is 3. The van der Waals surface area contributed by atoms with Gasteiger partial charge in [-0.25, -0.2) is 0 Å². The Balaban J connectivity index is 0.00000676. The third-order valence-corrected chi connectivity index (χ3v) is 3.43. The Morgan fingerprint density at radius 1 is 1.22 bits per heavy atom. The van der Waals surface area contributed by atoms with Gasteiger partial charge in [0.25, 0.3) is 0 Å². The summed E-state index contributed by atoms with van der Waals surface area (Å²) in [4.78, 5) is 4.39. The van der Waals surface area contributed by atoms with Gasteiger partial charge in [0, 0.05) is 26.8 Å². The predicted octanol–water partition coefficient (Wildman–Crippen LogP) is 1.96. The molecule has 0 fully saturated rings. The van der Waals surface area contributed by atoms with E-state index in [1.54, 1.807) is 7.11 Å². The third kappa shape index (κ3) is 13.7. The number of aliphatic hydroxyl groups excluding tert-OH is 1. The van der Waals surface area contributed by atoms with Crippen LogP contribution in [0.4, 0.5) is 0 Å². The van der Waals surface area contributed by atoms with E-state index in [1.807, 2.05) is 38.1 Å². The Hall–Kier alpha value is -1.10. The highest BCUT2D eigenvalue weighted by Gasteiger charge is 2.06. The molecule has 0 saturated carbocycles. The molecule has 1 aromatic carbocycles. The first-order valence-corrected chi connectivity index (χ1v) is 9.12. The molecule has 27 heavy (non-hydrogen) atoms. The summed E-state index contributed by atoms with van der Waals surface area (Å²) < 4.78 is 15.9. The van der Waals surface area contributed by atoms with Crippen molar-refractivity contribution in [3.8, 4) is 5.75 Å². The minimum atomic E-state index is -0.664. The first-order chi connectivity index (χ1) is 12.7. The highest BCUT2D eigenvalue weighted by molar-refractivity contribution is 14.0. The Morgan fingerprint density at radius 2 is 2.04 bits per heavy atom. The summed E-state index contributed by atoms with van der Waals surface area (Å²) in [7, 11) is 1.66. The van der Waals surface area contributed by atoms with Gasteiger partial charge in [0.2, 0.25) is 0 Å². The molecule has 1 atom stereocenters. The van der Waals surface area contributed by atoms with E-state index in [4.69, 9.17) is 14.2 Å². The summed E-state index contributed by atoms with van der Waals surface area (Å²) in [6.45, 7) is 7.87. The molecule has 0 aliphatic heterocycles. The van der Waals surface area contributed by atoms with Gasteiger partial charge in [0.15, 0.2) is 5.96 Å². The van der Waals surface area contributed by atoms with E-state index < -0.39 is 6.10 Å². The van der Waals surface area contributed by atoms with Gasteiger partial charge in [-0.15, -0.1) is 24.0 Å². The molecular formula is C19H34IN3O4. The largest absolute Gasteiger partial charge is 0.491 e. The van der Waals surface area contributed by atoms with Crippen LogP contribution in [-0.4, -0.2) is 70.3 Å². The molecule has 0 aliphatic rings. The topological polar surface area (TPSA) is 84.3 Å². The molecule has 0 spiro atoms. The molecule has 0 radical (unpaired) electrons. The SMILES string of the molecule is CCNC(=NCC(O)COc1cccc(C)c1)NCCCOCCOC.I. The molecule has 0 aromatic heterocycles. The monoisotopic (exact) mass is 495 g/mol. The van der Waals surface area contributed by atoms with E-state index in [0.29, 0.717) is 25.8 Å². The van der Waals surface area contributed by atoms with Crippen LogP contribution in [0.5, 0.6) is 5.75 Å². The van der Waals surface area contributed by atoms with Gasteiger partial charge in [-0.3, -0.25) is 4.99 Å². The predicted molar refractivity (Wildman–Crippen MR) is 119 cm³/mol. The van der Waals surface area contributed by atoms with Gasteiger partial charge in [0.1, 0.15) is 18.5 Å². The fourth-order valence-corrected chi connectivity index (χ4v) is 2.11. The first kappa shape index (κ1) is 25.9. The van der Waals surface area contributed by atoms with Crippen LogP contribution < -0.4 is 15.4 Å². The zero-order valence-electron chi connectivity index (χ0n) is 16.6. The van der Waals surface area contributed by atoms with Crippen molar-refractivity contribution < 1.29 is 19.3 Å². The van der Waals surface area contributed by atoms with Crippen LogP contribution in [0.1, 0.15) is 18.9 Å². The first-order valence-electron chi connectivity index (χ1n) is 9.12. The molecule has 8 heteroatoms. The second kappa shape index (κ2) is 17.0. The number of guanidine groups is 1. The number of rotatable bonds is 13. The van der Waals surface area contributed by atoms with Crippen molar-refractivity contribution in [1.29, 1.82) is 0 Å². The lowest BCUT2D eigenvalue weighted by Crippen LogP contribution is -2.39. The van der Waals surface area contributed by atoms with E-state index in [-0.39, 0.29) is 37.1 Å². The van der Waals surface area contributed by atoms with Crippen LogP contribution in [0.25, 0.3) is 0 Å². The highest BCUT2D eigenvalue weighted by Crippen LogP contribution is 2.12. The molecule has 0 heterocycles. The lowest BCUT2D eigenvalue weighted by Gasteiger charge is -2.14. The Morgan fingerprint density at radius 3 is 2.74 bits per heavy atom. The minimum absolute atomic E-state index is 0. The van der Waals surface area contributed by atoms with Gasteiger partial charge in [-0.2, -0.15) is 0 Å². The molecule has 0 amide bonds. The number of nitrogens with one attached hydrogen (secondary N) is 2. The van der Waals surface area contributed by atoms with Gasteiger partial charge in [0.05, 0.1) is 19.8 Å². The summed E-state index contributed by atoms with van der Waals surface area (Å²) in [6, 6.07) is 7.76. The van der Waals surface area contributed by atoms with Gasteiger partial charge >= 0.3 is 0 Å². The molecule has 7 nitrogen and oxygen atoms in total. The van der Waals surface area contributed by atoms with Crippen molar-refractivity contribution in [2.24, 2.45) is 4.99 Å². The van der Waals surface area contributed by atoms with E-state index in [0.717, 1.165) is 30.8 Å². The number of aliphatic hydroxyl groups is 1. The normalized spacial score (nSPS) is 12.2. The number of halogens is 1. The highest BCUT2D eigenvalue weighted by atomic mass is 127. The van der Waals surface area contributed by atoms with Crippen LogP contribution in [0, 0.1) is 6.92 Å². The van der Waals surface area contributed by atoms with E-state index in [9.17, 15) is 5.11 Å². The zero-order chi connectivity index (χ0) is 19.0. The smallest absolute Gasteiger partial charge is 0.191 e. The number of methoxy groups -OCH3 is 1. The second-order valence-corrected chi connectivity index (χ2v) is 5.89. The van der Waals surface area contributed by atoms with Crippen LogP contribution in [0.2, 0.25) is 0 Å². The molecule has 1 unspecified atom stereocenters. The average Bonchev–Trinajstić information content (AvgIpc) is 2.63. The molecule has 156 valence electrons. The van der Waals surface area contributed by atoms with Gasteiger partial charge < -0.3 is 30.0 Å². The lowest BCUT2D eigenvalue weighted by atomic mass is 10.2. The number of nitrogens with zero attached hydrogens (tertiary/aromatic N) is 1. The maximum Gasteiger partial charge on any atom is 0.191 e. The van der Waals surface area contributed by atoms with Crippen molar-refractivity contribution >= 4 is 29.9 Å². The number of aryl methyl sites for hydroxylation is 1. The molecule has 0 aliphatic carbocycles. The molecule has 3 N–H and O–H groups in total. The molecule has 1 aromatic rings. The van der Waals surface area contributed by atoms with E-state index in [1.165, 1.54) is 0 Å². The van der Waals surface area contributed by atoms with Crippen molar-refractivity contribution in [2.75, 3.05) is 53.2 Å². The van der Waals surface area contributed by atoms with E-state index >= 15 is 0 Å². The third-order valence-electron chi connectivity index (χ3n) is 3.43. The number of benzene rings is 1. The summed E-state index contributed by atoms with van der Waals surface area (Å²) in [5, 5.41) is 16.4. The van der Waals surface area contributed by atoms with Crippen LogP contribution >= 0.6 is 24.0 Å². The number of hydrogen-bond acceptors (Lipinski definition) is 5. The average molecular weight is 495 g/mol. The zero-order valence-corrected chi connectivity index (χ0v) is 18.9. The maximum absolute atomic E-state index is 10.1. The van der Waals surface area contributed by atoms with Gasteiger partial charge in [-0.05, 0) is 38.0 Å². The quantitative estimate of drug-likeness (QED) is 0.168. The Bertz CT molecular complexity index is 517. The maximum atomic E-state index is 10.1. The van der Waals surface area contributed by atoms with Crippen LogP contribution in [0.15, 0.2) is 29.3 Å². The van der Waals surface area contributed by atoms with Crippen LogP contribution in [-0.2, 0) is 9.47 Å². The lowest BCUT2D eigenvalue weighted by molar-refractivity contribution is 0.0698. The van der Waals surface area contributed by atoms with Crippen molar-refractivity contribution in [1.82, 2.24) is 10.6 Å². The van der Waals surface area contributed by atoms with Crippen molar-refractivity contribution in [2.45, 2.75) is 26.4 Å². The fraction of sp³-hybridized carbons (Fsp3) is 0.632. The summed E-state index contributed by atoms with van der Waals surface area (Å²) in [5.74, 6) is 1.44. The van der Waals surface area contributed by atoms with Crippen molar-refractivity contribution in [3.63, 3.8) is 0 Å². The van der Waals surface area contributed by atoms with Crippen molar-refractivity contribution in [3.05, 3.63) is 29.8 Å². The summed E-state index contributed by atoms with van der Waals surface area (Å²) in [6.07, 6.45) is 0.205. The number of aliphatic imine (C=N–C) groups is 1. The summed E-state index contributed by atoms with van der Waals surface area (Å²) in [5.41, 5.74) is 1.12. The number of hydrogen-bond donors (Lipinski definition) is 3. The summed E-state index contributed by atoms with van der Waals surface area (Å²) >= 11 is 0. The second-order valence-electron chi connectivity index (χ2n) is 5.89. The molecule has 0 saturated heterocycles. The Kier molecular flexibility index (Phi) is 16.3. The molecule has 1 rings (SSSR count). The molecule has 0 bridgehead atoms. The fourth-order valence-electron chi connectivity index (χ4n) is 2.11. The molecular weight excluding hydrogens is 461 g/mol. The minimum Gasteiger partial charge on any atom is -0.491 e. The standard InChI is InChI=1S/C19H33N3O4.HI/c1-4-20-19(21-9-6-10-25-12-11-24-3)22-14-17(23)15-26-18-8-5-7-16(2)13-18;/h5,7-8,13,17,23H,4,6,9-12,14-15H2,1-3H3,(H2,20,21,22);1H. The van der Waals surface area contributed by atoms with Gasteiger partial charge in [-0.1, -0.05) is 12.1 Å². The van der Waals surface area contributed by atoms with Crippen LogP contribution in [0.3, 0.4) is 0 Å². The van der Waals surface area contributed by atoms with E-state index in [2.05, 4.69) is 15.6 Å². The Labute approximate surface area is 179 Å².